The summed E-state index contributed by atoms with van der Waals surface area (Å²) in [5.41, 5.74) is 9.22. The average Bonchev–Trinajstić information content (AvgIpc) is 2.99. The van der Waals surface area contributed by atoms with Crippen LogP contribution in [0.15, 0.2) is 64.6 Å². The number of unbranched alkanes of at least 4 members (excludes halogenated alkanes) is 1. The number of aromatic nitrogens is 2. The van der Waals surface area contributed by atoms with E-state index in [4.69, 9.17) is 10.7 Å². The maximum atomic E-state index is 14.0. The number of primary amides is 1. The normalized spacial score (nSPS) is 17.0. The van der Waals surface area contributed by atoms with Gasteiger partial charge in [0.25, 0.3) is 5.56 Å². The third-order valence-electron chi connectivity index (χ3n) is 8.06. The molecule has 7 nitrogen and oxygen atoms in total. The van der Waals surface area contributed by atoms with E-state index < -0.39 is 0 Å². The van der Waals surface area contributed by atoms with E-state index in [2.05, 4.69) is 25.1 Å². The van der Waals surface area contributed by atoms with Crippen molar-refractivity contribution in [3.05, 3.63) is 70.5 Å². The molecule has 1 aliphatic carbocycles. The van der Waals surface area contributed by atoms with Gasteiger partial charge in [0, 0.05) is 19.0 Å². The van der Waals surface area contributed by atoms with E-state index in [-0.39, 0.29) is 28.5 Å². The second-order valence-corrected chi connectivity index (χ2v) is 12.0. The lowest BCUT2D eigenvalue weighted by Crippen LogP contribution is -2.45. The van der Waals surface area contributed by atoms with Gasteiger partial charge < -0.3 is 10.6 Å². The van der Waals surface area contributed by atoms with Crippen molar-refractivity contribution in [3.8, 4) is 5.69 Å². The number of nitrogens with zero attached hydrogens (tertiary/aromatic N) is 3. The first-order chi connectivity index (χ1) is 19.5. The molecule has 2 amide bonds. The van der Waals surface area contributed by atoms with Crippen molar-refractivity contribution in [3.63, 3.8) is 0 Å². The molecule has 210 valence electrons. The van der Waals surface area contributed by atoms with Gasteiger partial charge in [-0.05, 0) is 80.3 Å². The fraction of sp³-hybridized carbons (Fsp3) is 0.438. The quantitative estimate of drug-likeness (QED) is 0.268. The lowest BCUT2D eigenvalue weighted by atomic mass is 9.93. The highest BCUT2D eigenvalue weighted by Gasteiger charge is 2.31. The Morgan fingerprint density at radius 2 is 1.90 bits per heavy atom. The minimum Gasteiger partial charge on any atom is -0.369 e. The number of fused-ring (bicyclic) bond motifs is 1. The fourth-order valence-electron chi connectivity index (χ4n) is 5.70. The Balaban J connectivity index is 1.53. The van der Waals surface area contributed by atoms with Gasteiger partial charge in [0.15, 0.2) is 5.16 Å². The molecular weight excluding hydrogens is 520 g/mol. The standard InChI is InChI=1S/C32H38N4O3S/c1-2-3-16-28(31(39)35-19-17-23(18-20-35)29(33)37)40-32-34-27-15-8-7-14-26(27)30(38)36(32)25-13-9-12-24(21-25)22-10-5-4-6-11-22/h7-10,12-15,21,23,28H,2-6,11,16-20H2,1H3,(H2,33,37). The van der Waals surface area contributed by atoms with Gasteiger partial charge in [-0.3, -0.25) is 19.0 Å². The van der Waals surface area contributed by atoms with Crippen LogP contribution in [0.25, 0.3) is 22.2 Å². The minimum atomic E-state index is -0.381. The molecule has 0 radical (unpaired) electrons. The average molecular weight is 559 g/mol. The number of piperidine rings is 1. The summed E-state index contributed by atoms with van der Waals surface area (Å²) in [6, 6.07) is 15.5. The zero-order chi connectivity index (χ0) is 28.1. The van der Waals surface area contributed by atoms with Crippen LogP contribution in [-0.2, 0) is 9.59 Å². The van der Waals surface area contributed by atoms with Gasteiger partial charge >= 0.3 is 0 Å². The number of allylic oxidation sites excluding steroid dienone is 2. The zero-order valence-corrected chi connectivity index (χ0v) is 24.0. The lowest BCUT2D eigenvalue weighted by molar-refractivity contribution is -0.134. The summed E-state index contributed by atoms with van der Waals surface area (Å²) in [6.07, 6.45) is 10.5. The van der Waals surface area contributed by atoms with Crippen LogP contribution in [0.2, 0.25) is 0 Å². The van der Waals surface area contributed by atoms with Crippen molar-refractivity contribution >= 4 is 40.1 Å². The molecule has 0 bridgehead atoms. The van der Waals surface area contributed by atoms with Crippen LogP contribution in [0.3, 0.4) is 0 Å². The molecule has 2 aromatic carbocycles. The minimum absolute atomic E-state index is 0.0384. The molecule has 2 N–H and O–H groups in total. The van der Waals surface area contributed by atoms with Gasteiger partial charge in [0.1, 0.15) is 0 Å². The third kappa shape index (κ3) is 6.17. The molecule has 0 spiro atoms. The van der Waals surface area contributed by atoms with Crippen LogP contribution in [0.5, 0.6) is 0 Å². The largest absolute Gasteiger partial charge is 0.369 e. The van der Waals surface area contributed by atoms with E-state index in [9.17, 15) is 14.4 Å². The molecule has 1 aliphatic heterocycles. The second-order valence-electron chi connectivity index (χ2n) is 10.8. The summed E-state index contributed by atoms with van der Waals surface area (Å²) in [5.74, 6) is -0.430. The molecular formula is C32H38N4O3S. The molecule has 1 atom stereocenters. The SMILES string of the molecule is CCCCC(Sc1nc2ccccc2c(=O)n1-c1cccc(C2=CCCCC2)c1)C(=O)N1CCC(C(N)=O)CC1. The molecule has 3 aromatic rings. The lowest BCUT2D eigenvalue weighted by Gasteiger charge is -2.33. The predicted octanol–water partition coefficient (Wildman–Crippen LogP) is 5.72. The molecule has 0 saturated carbocycles. The zero-order valence-electron chi connectivity index (χ0n) is 23.2. The first-order valence-electron chi connectivity index (χ1n) is 14.5. The number of hydrogen-bond donors (Lipinski definition) is 1. The van der Waals surface area contributed by atoms with Crippen molar-refractivity contribution in [2.45, 2.75) is 75.1 Å². The van der Waals surface area contributed by atoms with Crippen LogP contribution in [0.4, 0.5) is 0 Å². The second kappa shape index (κ2) is 12.9. The molecule has 1 fully saturated rings. The highest BCUT2D eigenvalue weighted by Crippen LogP contribution is 2.32. The summed E-state index contributed by atoms with van der Waals surface area (Å²) in [7, 11) is 0. The molecule has 5 rings (SSSR count). The van der Waals surface area contributed by atoms with Crippen LogP contribution in [0, 0.1) is 5.92 Å². The van der Waals surface area contributed by atoms with E-state index in [1.807, 2.05) is 41.3 Å². The molecule has 8 heteroatoms. The number of benzene rings is 2. The van der Waals surface area contributed by atoms with Gasteiger partial charge in [-0.2, -0.15) is 0 Å². The summed E-state index contributed by atoms with van der Waals surface area (Å²) in [6.45, 7) is 3.15. The Bertz CT molecular complexity index is 1470. The number of hydrogen-bond acceptors (Lipinski definition) is 5. The smallest absolute Gasteiger partial charge is 0.266 e. The van der Waals surface area contributed by atoms with E-state index in [1.54, 1.807) is 4.57 Å². The Kier molecular flexibility index (Phi) is 9.04. The number of carbonyl (C=O) groups excluding carboxylic acids is 2. The van der Waals surface area contributed by atoms with Gasteiger partial charge in [0.2, 0.25) is 11.8 Å². The molecule has 40 heavy (non-hydrogen) atoms. The summed E-state index contributed by atoms with van der Waals surface area (Å²) >= 11 is 1.38. The third-order valence-corrected chi connectivity index (χ3v) is 9.27. The maximum absolute atomic E-state index is 14.0. The van der Waals surface area contributed by atoms with Crippen molar-refractivity contribution in [2.75, 3.05) is 13.1 Å². The number of likely N-dealkylation sites (tertiary alicyclic amines) is 1. The predicted molar refractivity (Wildman–Crippen MR) is 161 cm³/mol. The summed E-state index contributed by atoms with van der Waals surface area (Å²) in [4.78, 5) is 46.2. The number of rotatable bonds is 9. The fourth-order valence-corrected chi connectivity index (χ4v) is 6.94. The Labute approximate surface area is 239 Å². The molecule has 1 aromatic heterocycles. The van der Waals surface area contributed by atoms with Crippen LogP contribution >= 0.6 is 11.8 Å². The van der Waals surface area contributed by atoms with E-state index in [0.717, 1.165) is 36.9 Å². The highest BCUT2D eigenvalue weighted by atomic mass is 32.2. The van der Waals surface area contributed by atoms with Crippen molar-refractivity contribution < 1.29 is 9.59 Å². The Morgan fingerprint density at radius 1 is 1.10 bits per heavy atom. The van der Waals surface area contributed by atoms with Crippen molar-refractivity contribution in [2.24, 2.45) is 11.7 Å². The number of para-hydroxylation sites is 1. The van der Waals surface area contributed by atoms with Crippen LogP contribution < -0.4 is 11.3 Å². The van der Waals surface area contributed by atoms with Crippen LogP contribution in [-0.4, -0.2) is 44.6 Å². The topological polar surface area (TPSA) is 98.3 Å². The number of thioether (sulfide) groups is 1. The van der Waals surface area contributed by atoms with E-state index in [0.29, 0.717) is 48.4 Å². The maximum Gasteiger partial charge on any atom is 0.266 e. The van der Waals surface area contributed by atoms with Gasteiger partial charge in [0.05, 0.1) is 21.8 Å². The van der Waals surface area contributed by atoms with E-state index in [1.165, 1.54) is 30.2 Å². The number of amides is 2. The van der Waals surface area contributed by atoms with Crippen molar-refractivity contribution in [1.82, 2.24) is 14.5 Å². The number of nitrogens with two attached hydrogens (primary N) is 1. The molecule has 1 unspecified atom stereocenters. The molecule has 1 saturated heterocycles. The first kappa shape index (κ1) is 28.1. The Morgan fingerprint density at radius 3 is 2.62 bits per heavy atom. The summed E-state index contributed by atoms with van der Waals surface area (Å²) in [5, 5.41) is 0.702. The van der Waals surface area contributed by atoms with Gasteiger partial charge in [-0.25, -0.2) is 4.98 Å². The number of carbonyl (C=O) groups is 2. The molecule has 2 aliphatic rings. The summed E-state index contributed by atoms with van der Waals surface area (Å²) < 4.78 is 1.69. The highest BCUT2D eigenvalue weighted by molar-refractivity contribution is 8.00. The Hall–Kier alpha value is -3.39. The van der Waals surface area contributed by atoms with E-state index >= 15 is 0 Å². The monoisotopic (exact) mass is 558 g/mol. The van der Waals surface area contributed by atoms with Crippen LogP contribution in [0.1, 0.15) is 70.3 Å². The van der Waals surface area contributed by atoms with Gasteiger partial charge in [-0.15, -0.1) is 0 Å². The first-order valence-corrected chi connectivity index (χ1v) is 15.4. The molecule has 2 heterocycles. The van der Waals surface area contributed by atoms with Crippen molar-refractivity contribution in [1.29, 1.82) is 0 Å². The van der Waals surface area contributed by atoms with Gasteiger partial charge in [-0.1, -0.05) is 61.9 Å².